The molecule has 4 heteroatoms. The van der Waals surface area contributed by atoms with Crippen molar-refractivity contribution in [1.82, 2.24) is 0 Å². The maximum Gasteiger partial charge on any atom is 0.265 e. The predicted octanol–water partition coefficient (Wildman–Crippen LogP) is 2.62. The van der Waals surface area contributed by atoms with Crippen LogP contribution >= 0.6 is 11.3 Å². The minimum atomic E-state index is -0.114. The van der Waals surface area contributed by atoms with E-state index < -0.39 is 0 Å². The fourth-order valence-electron chi connectivity index (χ4n) is 1.61. The summed E-state index contributed by atoms with van der Waals surface area (Å²) in [6.07, 6.45) is 0. The van der Waals surface area contributed by atoms with Crippen molar-refractivity contribution in [2.24, 2.45) is 5.73 Å². The molecule has 0 fully saturated rings. The van der Waals surface area contributed by atoms with Gasteiger partial charge in [-0.25, -0.2) is 0 Å². The van der Waals surface area contributed by atoms with E-state index in [4.69, 9.17) is 5.73 Å². The van der Waals surface area contributed by atoms with Crippen molar-refractivity contribution in [2.75, 3.05) is 11.9 Å². The third kappa shape index (κ3) is 3.44. The first-order valence-corrected chi connectivity index (χ1v) is 6.73. The van der Waals surface area contributed by atoms with Gasteiger partial charge < -0.3 is 11.1 Å². The molecule has 0 atom stereocenters. The van der Waals surface area contributed by atoms with Crippen LogP contribution in [0.1, 0.15) is 20.8 Å². The first-order chi connectivity index (χ1) is 9.20. The van der Waals surface area contributed by atoms with E-state index >= 15 is 0 Å². The zero-order valence-electron chi connectivity index (χ0n) is 10.6. The summed E-state index contributed by atoms with van der Waals surface area (Å²) < 4.78 is 0. The molecule has 0 aliphatic rings. The van der Waals surface area contributed by atoms with E-state index in [1.54, 1.807) is 6.07 Å². The van der Waals surface area contributed by atoms with Crippen LogP contribution in [0.15, 0.2) is 35.7 Å². The second-order valence-electron chi connectivity index (χ2n) is 3.99. The molecule has 0 radical (unpaired) electrons. The smallest absolute Gasteiger partial charge is 0.265 e. The molecule has 1 aromatic carbocycles. The zero-order chi connectivity index (χ0) is 13.7. The molecule has 0 aliphatic heterocycles. The fourth-order valence-corrected chi connectivity index (χ4v) is 2.23. The molecule has 1 heterocycles. The highest BCUT2D eigenvalue weighted by atomic mass is 32.1. The van der Waals surface area contributed by atoms with Crippen molar-refractivity contribution in [1.29, 1.82) is 0 Å². The number of nitrogens with one attached hydrogen (secondary N) is 1. The van der Waals surface area contributed by atoms with E-state index in [1.807, 2.05) is 36.6 Å². The summed E-state index contributed by atoms with van der Waals surface area (Å²) in [5.41, 5.74) is 7.94. The van der Waals surface area contributed by atoms with Crippen molar-refractivity contribution in [3.63, 3.8) is 0 Å². The third-order valence-electron chi connectivity index (χ3n) is 2.49. The van der Waals surface area contributed by atoms with Crippen LogP contribution in [-0.2, 0) is 0 Å². The molecule has 2 rings (SSSR count). The highest BCUT2D eigenvalue weighted by Gasteiger charge is 2.09. The third-order valence-corrected chi connectivity index (χ3v) is 3.36. The van der Waals surface area contributed by atoms with E-state index in [0.717, 1.165) is 16.8 Å². The first kappa shape index (κ1) is 13.3. The number of benzene rings is 1. The van der Waals surface area contributed by atoms with Gasteiger partial charge in [0.25, 0.3) is 5.91 Å². The molecule has 0 saturated carbocycles. The second kappa shape index (κ2) is 6.19. The van der Waals surface area contributed by atoms with E-state index in [2.05, 4.69) is 17.2 Å². The lowest BCUT2D eigenvalue weighted by Crippen LogP contribution is -2.11. The summed E-state index contributed by atoms with van der Waals surface area (Å²) in [5.74, 6) is 5.65. The van der Waals surface area contributed by atoms with Crippen LogP contribution in [0.4, 0.5) is 5.69 Å². The van der Waals surface area contributed by atoms with Gasteiger partial charge in [-0.15, -0.1) is 11.3 Å². The molecule has 96 valence electrons. The SMILES string of the molecule is Cc1ccc(C#CCN)c(NC(=O)c2cccs2)c1. The highest BCUT2D eigenvalue weighted by molar-refractivity contribution is 7.12. The van der Waals surface area contributed by atoms with Crippen LogP contribution in [0.5, 0.6) is 0 Å². The van der Waals surface area contributed by atoms with Crippen LogP contribution in [0.2, 0.25) is 0 Å². The van der Waals surface area contributed by atoms with Gasteiger partial charge in [0.1, 0.15) is 0 Å². The monoisotopic (exact) mass is 270 g/mol. The van der Waals surface area contributed by atoms with Gasteiger partial charge in [0.15, 0.2) is 0 Å². The van der Waals surface area contributed by atoms with Crippen LogP contribution in [0.3, 0.4) is 0 Å². The second-order valence-corrected chi connectivity index (χ2v) is 4.93. The summed E-state index contributed by atoms with van der Waals surface area (Å²) in [6.45, 7) is 2.27. The zero-order valence-corrected chi connectivity index (χ0v) is 11.4. The van der Waals surface area contributed by atoms with Gasteiger partial charge in [0.05, 0.1) is 17.1 Å². The quantitative estimate of drug-likeness (QED) is 0.824. The average Bonchev–Trinajstić information content (AvgIpc) is 2.92. The number of hydrogen-bond donors (Lipinski definition) is 2. The number of nitrogens with two attached hydrogens (primary N) is 1. The van der Waals surface area contributed by atoms with Crippen LogP contribution in [-0.4, -0.2) is 12.5 Å². The molecule has 0 saturated heterocycles. The molecule has 0 aliphatic carbocycles. The van der Waals surface area contributed by atoms with Gasteiger partial charge in [-0.2, -0.15) is 0 Å². The van der Waals surface area contributed by atoms with E-state index in [-0.39, 0.29) is 5.91 Å². The Bertz CT molecular complexity index is 636. The van der Waals surface area contributed by atoms with Crippen LogP contribution in [0, 0.1) is 18.8 Å². The Morgan fingerprint density at radius 3 is 2.95 bits per heavy atom. The topological polar surface area (TPSA) is 55.1 Å². The van der Waals surface area contributed by atoms with Crippen molar-refractivity contribution < 1.29 is 4.79 Å². The van der Waals surface area contributed by atoms with Gasteiger partial charge in [-0.05, 0) is 36.1 Å². The Kier molecular flexibility index (Phi) is 4.35. The lowest BCUT2D eigenvalue weighted by atomic mass is 10.1. The molecule has 2 aromatic rings. The summed E-state index contributed by atoms with van der Waals surface area (Å²) in [5, 5.41) is 4.77. The number of carbonyl (C=O) groups is 1. The molecular formula is C15H14N2OS. The van der Waals surface area contributed by atoms with Gasteiger partial charge in [0.2, 0.25) is 0 Å². The standard InChI is InChI=1S/C15H14N2OS/c1-11-6-7-12(4-2-8-16)13(10-11)17-15(18)14-5-3-9-19-14/h3,5-7,9-10H,8,16H2,1H3,(H,17,18). The number of anilines is 1. The molecule has 19 heavy (non-hydrogen) atoms. The van der Waals surface area contributed by atoms with E-state index in [0.29, 0.717) is 11.4 Å². The average molecular weight is 270 g/mol. The molecule has 1 amide bonds. The molecule has 0 unspecified atom stereocenters. The molecule has 0 bridgehead atoms. The number of amides is 1. The summed E-state index contributed by atoms with van der Waals surface area (Å²) in [4.78, 5) is 12.7. The molecule has 3 nitrogen and oxygen atoms in total. The van der Waals surface area contributed by atoms with Crippen molar-refractivity contribution >= 4 is 22.9 Å². The van der Waals surface area contributed by atoms with Crippen LogP contribution < -0.4 is 11.1 Å². The van der Waals surface area contributed by atoms with Crippen LogP contribution in [0.25, 0.3) is 0 Å². The number of thiophene rings is 1. The van der Waals surface area contributed by atoms with Gasteiger partial charge in [-0.1, -0.05) is 24.0 Å². The number of rotatable bonds is 2. The normalized spacial score (nSPS) is 9.58. The van der Waals surface area contributed by atoms with Gasteiger partial charge in [0, 0.05) is 5.56 Å². The number of hydrogen-bond acceptors (Lipinski definition) is 3. The minimum absolute atomic E-state index is 0.114. The van der Waals surface area contributed by atoms with Crippen molar-refractivity contribution in [3.8, 4) is 11.8 Å². The Morgan fingerprint density at radius 1 is 1.42 bits per heavy atom. The molecule has 0 spiro atoms. The molecular weight excluding hydrogens is 256 g/mol. The summed E-state index contributed by atoms with van der Waals surface area (Å²) in [7, 11) is 0. The first-order valence-electron chi connectivity index (χ1n) is 5.85. The van der Waals surface area contributed by atoms with Crippen molar-refractivity contribution in [3.05, 3.63) is 51.7 Å². The maximum atomic E-state index is 12.0. The van der Waals surface area contributed by atoms with E-state index in [1.165, 1.54) is 11.3 Å². The highest BCUT2D eigenvalue weighted by Crippen LogP contribution is 2.19. The Balaban J connectivity index is 2.28. The lowest BCUT2D eigenvalue weighted by Gasteiger charge is -2.07. The summed E-state index contributed by atoms with van der Waals surface area (Å²) in [6, 6.07) is 9.40. The number of carbonyl (C=O) groups excluding carboxylic acids is 1. The maximum absolute atomic E-state index is 12.0. The molecule has 1 aromatic heterocycles. The molecule has 3 N–H and O–H groups in total. The van der Waals surface area contributed by atoms with Gasteiger partial charge in [-0.3, -0.25) is 4.79 Å². The van der Waals surface area contributed by atoms with Crippen molar-refractivity contribution in [2.45, 2.75) is 6.92 Å². The summed E-state index contributed by atoms with van der Waals surface area (Å²) >= 11 is 1.41. The lowest BCUT2D eigenvalue weighted by molar-refractivity contribution is 0.103. The van der Waals surface area contributed by atoms with E-state index in [9.17, 15) is 4.79 Å². The van der Waals surface area contributed by atoms with Gasteiger partial charge >= 0.3 is 0 Å². The largest absolute Gasteiger partial charge is 0.320 e. The minimum Gasteiger partial charge on any atom is -0.320 e. The Labute approximate surface area is 116 Å². The number of aryl methyl sites for hydroxylation is 1. The predicted molar refractivity (Wildman–Crippen MR) is 79.4 cm³/mol. The Hall–Kier alpha value is -2.09. The Morgan fingerprint density at radius 2 is 2.26 bits per heavy atom. The fraction of sp³-hybridized carbons (Fsp3) is 0.133.